The molecular weight excluding hydrogens is 406 g/mol. The molecule has 1 saturated heterocycles. The Morgan fingerprint density at radius 2 is 2.00 bits per heavy atom. The second-order valence-electron chi connectivity index (χ2n) is 7.85. The number of aromatic amines is 1. The number of fused-ring (bicyclic) bond motifs is 1. The molecule has 3 N–H and O–H groups in total. The van der Waals surface area contributed by atoms with E-state index in [4.69, 9.17) is 4.74 Å². The van der Waals surface area contributed by atoms with Gasteiger partial charge in [-0.05, 0) is 36.8 Å². The summed E-state index contributed by atoms with van der Waals surface area (Å²) in [5.41, 5.74) is 7.98. The Bertz CT molecular complexity index is 1220. The first kappa shape index (κ1) is 20.2. The molecule has 0 atom stereocenters. The molecule has 0 unspecified atom stereocenters. The summed E-state index contributed by atoms with van der Waals surface area (Å²) in [6.45, 7) is 6.32. The van der Waals surface area contributed by atoms with Crippen LogP contribution in [-0.2, 0) is 11.3 Å². The predicted octanol–water partition coefficient (Wildman–Crippen LogP) is 3.03. The number of morpholine rings is 1. The number of carbonyl (C=O) groups is 1. The summed E-state index contributed by atoms with van der Waals surface area (Å²) in [7, 11) is 0. The van der Waals surface area contributed by atoms with E-state index in [1.54, 1.807) is 18.6 Å². The molecule has 0 aliphatic carbocycles. The van der Waals surface area contributed by atoms with E-state index in [1.165, 1.54) is 5.56 Å². The minimum atomic E-state index is -0.290. The Labute approximate surface area is 185 Å². The number of aryl methyl sites for hydroxylation is 1. The van der Waals surface area contributed by atoms with Crippen LogP contribution in [0, 0.1) is 6.92 Å². The van der Waals surface area contributed by atoms with Crippen molar-refractivity contribution in [3.05, 3.63) is 71.9 Å². The van der Waals surface area contributed by atoms with Crippen LogP contribution in [0.1, 0.15) is 21.7 Å². The maximum atomic E-state index is 12.9. The number of ether oxygens (including phenoxy) is 1. The van der Waals surface area contributed by atoms with Crippen molar-refractivity contribution in [3.8, 4) is 0 Å². The van der Waals surface area contributed by atoms with Gasteiger partial charge in [0.05, 0.1) is 24.9 Å². The summed E-state index contributed by atoms with van der Waals surface area (Å²) in [5, 5.41) is 10.9. The Morgan fingerprint density at radius 1 is 1.19 bits per heavy atom. The summed E-state index contributed by atoms with van der Waals surface area (Å²) < 4.78 is 7.29. The highest BCUT2D eigenvalue weighted by molar-refractivity contribution is 6.06. The SMILES string of the molecule is Cc1cc2ccncc2n1Nc1c[nH]nc1C(=O)Nc1ccc(CN2CCOCC2)cc1. The molecule has 5 rings (SSSR count). The monoisotopic (exact) mass is 431 g/mol. The van der Waals surface area contributed by atoms with Crippen LogP contribution >= 0.6 is 0 Å². The van der Waals surface area contributed by atoms with Crippen molar-refractivity contribution in [3.63, 3.8) is 0 Å². The first-order chi connectivity index (χ1) is 15.7. The summed E-state index contributed by atoms with van der Waals surface area (Å²) in [4.78, 5) is 19.5. The number of aromatic nitrogens is 4. The second kappa shape index (κ2) is 8.81. The highest BCUT2D eigenvalue weighted by Gasteiger charge is 2.17. The highest BCUT2D eigenvalue weighted by Crippen LogP contribution is 2.21. The van der Waals surface area contributed by atoms with Crippen molar-refractivity contribution in [2.24, 2.45) is 0 Å². The first-order valence-corrected chi connectivity index (χ1v) is 10.6. The van der Waals surface area contributed by atoms with E-state index in [2.05, 4.69) is 36.9 Å². The van der Waals surface area contributed by atoms with E-state index in [0.717, 1.165) is 55.1 Å². The molecule has 1 aliphatic heterocycles. The van der Waals surface area contributed by atoms with Crippen LogP contribution in [0.5, 0.6) is 0 Å². The number of nitrogens with zero attached hydrogens (tertiary/aromatic N) is 4. The summed E-state index contributed by atoms with van der Waals surface area (Å²) in [6, 6.07) is 11.9. The molecule has 0 spiro atoms. The van der Waals surface area contributed by atoms with E-state index in [1.807, 2.05) is 41.9 Å². The van der Waals surface area contributed by atoms with Gasteiger partial charge in [0, 0.05) is 48.8 Å². The zero-order valence-corrected chi connectivity index (χ0v) is 17.8. The Hall–Kier alpha value is -3.69. The molecule has 9 nitrogen and oxygen atoms in total. The number of carbonyl (C=O) groups excluding carboxylic acids is 1. The van der Waals surface area contributed by atoms with E-state index >= 15 is 0 Å². The van der Waals surface area contributed by atoms with Crippen molar-refractivity contribution in [1.29, 1.82) is 0 Å². The minimum Gasteiger partial charge on any atom is -0.379 e. The van der Waals surface area contributed by atoms with Gasteiger partial charge in [-0.1, -0.05) is 12.1 Å². The molecular formula is C23H25N7O2. The number of hydrogen-bond donors (Lipinski definition) is 3. The average molecular weight is 432 g/mol. The Kier molecular flexibility index (Phi) is 5.57. The Balaban J connectivity index is 1.27. The molecule has 0 bridgehead atoms. The van der Waals surface area contributed by atoms with Gasteiger partial charge in [0.2, 0.25) is 0 Å². The maximum absolute atomic E-state index is 12.9. The standard InChI is InChI=1S/C23H25N7O2/c1-16-12-18-6-7-24-14-21(18)30(16)28-20-13-25-27-22(20)23(31)26-19-4-2-17(3-5-19)15-29-8-10-32-11-9-29/h2-7,12-14,28H,8-11,15H2,1H3,(H,25,27)(H,26,31). The van der Waals surface area contributed by atoms with Crippen LogP contribution in [0.4, 0.5) is 11.4 Å². The van der Waals surface area contributed by atoms with Gasteiger partial charge >= 0.3 is 0 Å². The Morgan fingerprint density at radius 3 is 2.81 bits per heavy atom. The zero-order valence-electron chi connectivity index (χ0n) is 17.8. The first-order valence-electron chi connectivity index (χ1n) is 10.6. The number of pyridine rings is 1. The summed E-state index contributed by atoms with van der Waals surface area (Å²) >= 11 is 0. The van der Waals surface area contributed by atoms with Gasteiger partial charge in [-0.15, -0.1) is 0 Å². The predicted molar refractivity (Wildman–Crippen MR) is 123 cm³/mol. The molecule has 1 amide bonds. The fraction of sp³-hybridized carbons (Fsp3) is 0.261. The maximum Gasteiger partial charge on any atom is 0.278 e. The summed E-state index contributed by atoms with van der Waals surface area (Å²) in [5.74, 6) is -0.290. The third kappa shape index (κ3) is 4.20. The van der Waals surface area contributed by atoms with Crippen molar-refractivity contribution < 1.29 is 9.53 Å². The van der Waals surface area contributed by atoms with Crippen LogP contribution in [0.15, 0.2) is 55.0 Å². The van der Waals surface area contributed by atoms with Gasteiger partial charge in [-0.2, -0.15) is 5.10 Å². The molecule has 4 aromatic rings. The lowest BCUT2D eigenvalue weighted by Gasteiger charge is -2.26. The minimum absolute atomic E-state index is 0.285. The number of anilines is 2. The van der Waals surface area contributed by atoms with Crippen LogP contribution in [0.2, 0.25) is 0 Å². The van der Waals surface area contributed by atoms with Gasteiger partial charge in [0.25, 0.3) is 5.91 Å². The highest BCUT2D eigenvalue weighted by atomic mass is 16.5. The zero-order chi connectivity index (χ0) is 21.9. The lowest BCUT2D eigenvalue weighted by atomic mass is 10.2. The number of rotatable bonds is 6. The average Bonchev–Trinajstić information content (AvgIpc) is 3.40. The van der Waals surface area contributed by atoms with E-state index in [0.29, 0.717) is 5.69 Å². The molecule has 1 aliphatic rings. The normalized spacial score (nSPS) is 14.5. The van der Waals surface area contributed by atoms with Gasteiger partial charge in [-0.3, -0.25) is 29.9 Å². The number of benzene rings is 1. The lowest BCUT2D eigenvalue weighted by Crippen LogP contribution is -2.35. The second-order valence-corrected chi connectivity index (χ2v) is 7.85. The van der Waals surface area contributed by atoms with Crippen molar-refractivity contribution in [2.45, 2.75) is 13.5 Å². The molecule has 1 aromatic carbocycles. The fourth-order valence-corrected chi connectivity index (χ4v) is 3.90. The molecule has 3 aromatic heterocycles. The van der Waals surface area contributed by atoms with Crippen LogP contribution < -0.4 is 10.7 Å². The fourth-order valence-electron chi connectivity index (χ4n) is 3.90. The van der Waals surface area contributed by atoms with Crippen molar-refractivity contribution in [2.75, 3.05) is 37.0 Å². The van der Waals surface area contributed by atoms with Gasteiger partial charge < -0.3 is 10.1 Å². The van der Waals surface area contributed by atoms with Gasteiger partial charge in [-0.25, -0.2) is 0 Å². The molecule has 0 saturated carbocycles. The van der Waals surface area contributed by atoms with Crippen molar-refractivity contribution in [1.82, 2.24) is 24.8 Å². The topological polar surface area (TPSA) is 100 Å². The molecule has 9 heteroatoms. The largest absolute Gasteiger partial charge is 0.379 e. The smallest absolute Gasteiger partial charge is 0.278 e. The third-order valence-corrected chi connectivity index (χ3v) is 5.60. The molecule has 164 valence electrons. The van der Waals surface area contributed by atoms with Crippen LogP contribution in [0.3, 0.4) is 0 Å². The summed E-state index contributed by atoms with van der Waals surface area (Å²) in [6.07, 6.45) is 5.21. The molecule has 4 heterocycles. The number of nitrogens with one attached hydrogen (secondary N) is 3. The number of H-pyrrole nitrogens is 1. The van der Waals surface area contributed by atoms with Crippen LogP contribution in [0.25, 0.3) is 10.9 Å². The van der Waals surface area contributed by atoms with Gasteiger partial charge in [0.1, 0.15) is 5.69 Å². The molecule has 1 fully saturated rings. The van der Waals surface area contributed by atoms with E-state index in [9.17, 15) is 4.79 Å². The molecule has 32 heavy (non-hydrogen) atoms. The molecule has 0 radical (unpaired) electrons. The lowest BCUT2D eigenvalue weighted by molar-refractivity contribution is 0.0342. The quantitative estimate of drug-likeness (QED) is 0.434. The van der Waals surface area contributed by atoms with Crippen LogP contribution in [-0.4, -0.2) is 57.0 Å². The van der Waals surface area contributed by atoms with Gasteiger partial charge in [0.15, 0.2) is 5.69 Å². The van der Waals surface area contributed by atoms with E-state index in [-0.39, 0.29) is 11.6 Å². The number of hydrogen-bond acceptors (Lipinski definition) is 6. The van der Waals surface area contributed by atoms with Crippen molar-refractivity contribution >= 4 is 28.2 Å². The van der Waals surface area contributed by atoms with E-state index < -0.39 is 0 Å². The third-order valence-electron chi connectivity index (χ3n) is 5.60. The number of amides is 1.